The van der Waals surface area contributed by atoms with Crippen LogP contribution >= 0.6 is 0 Å². The highest BCUT2D eigenvalue weighted by molar-refractivity contribution is 5.81. The SMILES string of the molecule is CC1C[N+](C)(C(C)(C)C)CCC1=O.[I-]. The zero-order chi connectivity index (χ0) is 10.3. The van der Waals surface area contributed by atoms with Crippen molar-refractivity contribution in [2.75, 3.05) is 20.1 Å². The minimum atomic E-state index is 0. The Balaban J connectivity index is 0.00000169. The van der Waals surface area contributed by atoms with E-state index in [-0.39, 0.29) is 35.4 Å². The zero-order valence-corrected chi connectivity index (χ0v) is 12.1. The van der Waals surface area contributed by atoms with E-state index in [9.17, 15) is 4.79 Å². The summed E-state index contributed by atoms with van der Waals surface area (Å²) in [5.41, 5.74) is 0.259. The van der Waals surface area contributed by atoms with Crippen molar-refractivity contribution < 1.29 is 33.3 Å². The number of Topliss-reactive ketones (excluding diaryl/α,β-unsaturated/α-hetero) is 1. The van der Waals surface area contributed by atoms with Gasteiger partial charge < -0.3 is 28.5 Å². The average Bonchev–Trinajstić information content (AvgIpc) is 1.95. The van der Waals surface area contributed by atoms with Crippen LogP contribution in [0.25, 0.3) is 0 Å². The number of halogens is 1. The van der Waals surface area contributed by atoms with E-state index in [4.69, 9.17) is 0 Å². The molecule has 1 aliphatic heterocycles. The number of likely N-dealkylation sites (tertiary alicyclic amines) is 1. The predicted octanol–water partition coefficient (Wildman–Crippen LogP) is -1.16. The van der Waals surface area contributed by atoms with Gasteiger partial charge >= 0.3 is 0 Å². The van der Waals surface area contributed by atoms with Gasteiger partial charge in [0.2, 0.25) is 0 Å². The van der Waals surface area contributed by atoms with Crippen LogP contribution in [0, 0.1) is 5.92 Å². The number of carbonyl (C=O) groups is 1. The minimum absolute atomic E-state index is 0. The van der Waals surface area contributed by atoms with E-state index in [1.54, 1.807) is 0 Å². The molecule has 0 spiro atoms. The summed E-state index contributed by atoms with van der Waals surface area (Å²) in [6.45, 7) is 10.8. The standard InChI is InChI=1S/C11H22NO.HI/c1-9-8-12(5,11(2,3)4)7-6-10(9)13;/h9H,6-8H2,1-5H3;1H/q+1;/p-1. The molecule has 0 amide bonds. The van der Waals surface area contributed by atoms with Crippen LogP contribution in [0.3, 0.4) is 0 Å². The summed E-state index contributed by atoms with van der Waals surface area (Å²) in [4.78, 5) is 11.4. The number of hydrogen-bond acceptors (Lipinski definition) is 1. The van der Waals surface area contributed by atoms with E-state index in [1.165, 1.54) is 0 Å². The Morgan fingerprint density at radius 1 is 1.36 bits per heavy atom. The molecule has 0 bridgehead atoms. The smallest absolute Gasteiger partial charge is 0.146 e. The summed E-state index contributed by atoms with van der Waals surface area (Å²) in [5.74, 6) is 0.692. The van der Waals surface area contributed by atoms with Crippen molar-refractivity contribution in [3.8, 4) is 0 Å². The van der Waals surface area contributed by atoms with E-state index in [0.717, 1.165) is 24.0 Å². The Bertz CT molecular complexity index is 222. The first-order valence-electron chi connectivity index (χ1n) is 5.14. The van der Waals surface area contributed by atoms with Gasteiger partial charge in [-0.2, -0.15) is 0 Å². The molecule has 2 nitrogen and oxygen atoms in total. The van der Waals surface area contributed by atoms with Crippen LogP contribution in [0.4, 0.5) is 0 Å². The minimum Gasteiger partial charge on any atom is -1.00 e. The lowest BCUT2D eigenvalue weighted by Gasteiger charge is -2.49. The van der Waals surface area contributed by atoms with Gasteiger partial charge in [-0.3, -0.25) is 4.79 Å². The second-order valence-electron chi connectivity index (χ2n) is 5.59. The fourth-order valence-corrected chi connectivity index (χ4v) is 2.01. The quantitative estimate of drug-likeness (QED) is 0.408. The van der Waals surface area contributed by atoms with E-state index >= 15 is 0 Å². The number of carbonyl (C=O) groups excluding carboxylic acids is 1. The molecule has 1 saturated heterocycles. The monoisotopic (exact) mass is 311 g/mol. The maximum absolute atomic E-state index is 11.4. The van der Waals surface area contributed by atoms with Crippen LogP contribution in [0.1, 0.15) is 34.1 Å². The zero-order valence-electron chi connectivity index (χ0n) is 9.93. The second-order valence-corrected chi connectivity index (χ2v) is 5.59. The topological polar surface area (TPSA) is 17.1 Å². The molecule has 1 aliphatic rings. The van der Waals surface area contributed by atoms with Crippen LogP contribution in [-0.4, -0.2) is 35.9 Å². The Hall–Kier alpha value is 0.360. The lowest BCUT2D eigenvalue weighted by molar-refractivity contribution is -0.957. The molecular formula is C11H22INO. The van der Waals surface area contributed by atoms with Gasteiger partial charge in [-0.25, -0.2) is 0 Å². The summed E-state index contributed by atoms with van der Waals surface area (Å²) in [7, 11) is 2.27. The van der Waals surface area contributed by atoms with Crippen molar-refractivity contribution in [3.05, 3.63) is 0 Å². The lowest BCUT2D eigenvalue weighted by atomic mass is 9.90. The number of rotatable bonds is 0. The number of quaternary nitrogens is 1. The van der Waals surface area contributed by atoms with Gasteiger partial charge in [0.15, 0.2) is 0 Å². The van der Waals surface area contributed by atoms with E-state index in [1.807, 2.05) is 0 Å². The highest BCUT2D eigenvalue weighted by atomic mass is 127. The maximum atomic E-state index is 11.4. The van der Waals surface area contributed by atoms with Gasteiger partial charge in [0.25, 0.3) is 0 Å². The largest absolute Gasteiger partial charge is 1.00 e. The molecule has 1 fully saturated rings. The van der Waals surface area contributed by atoms with Gasteiger partial charge in [-0.05, 0) is 20.8 Å². The highest BCUT2D eigenvalue weighted by Gasteiger charge is 2.42. The van der Waals surface area contributed by atoms with E-state index in [0.29, 0.717) is 5.78 Å². The number of piperidine rings is 1. The molecule has 0 N–H and O–H groups in total. The van der Waals surface area contributed by atoms with Crippen molar-refractivity contribution >= 4 is 5.78 Å². The first-order valence-corrected chi connectivity index (χ1v) is 5.14. The second kappa shape index (κ2) is 4.47. The van der Waals surface area contributed by atoms with Crippen molar-refractivity contribution in [1.82, 2.24) is 0 Å². The molecular weight excluding hydrogens is 289 g/mol. The van der Waals surface area contributed by atoms with Gasteiger partial charge in [0, 0.05) is 0 Å². The molecule has 0 saturated carbocycles. The Labute approximate surface area is 105 Å². The fraction of sp³-hybridized carbons (Fsp3) is 0.909. The summed E-state index contributed by atoms with van der Waals surface area (Å²) in [5, 5.41) is 0. The molecule has 2 atom stereocenters. The molecule has 1 heterocycles. The summed E-state index contributed by atoms with van der Waals surface area (Å²) >= 11 is 0. The first-order chi connectivity index (χ1) is 5.76. The van der Waals surface area contributed by atoms with Crippen molar-refractivity contribution in [2.45, 2.75) is 39.7 Å². The van der Waals surface area contributed by atoms with E-state index in [2.05, 4.69) is 34.7 Å². The third-order valence-corrected chi connectivity index (χ3v) is 3.70. The van der Waals surface area contributed by atoms with Crippen LogP contribution in [0.2, 0.25) is 0 Å². The third-order valence-electron chi connectivity index (χ3n) is 3.70. The molecule has 2 unspecified atom stereocenters. The van der Waals surface area contributed by atoms with Crippen molar-refractivity contribution in [1.29, 1.82) is 0 Å². The lowest BCUT2D eigenvalue weighted by Crippen LogP contribution is -3.00. The molecule has 3 heteroatoms. The van der Waals surface area contributed by atoms with Crippen LogP contribution < -0.4 is 24.0 Å². The summed E-state index contributed by atoms with van der Waals surface area (Å²) in [6, 6.07) is 0. The number of ketones is 1. The molecule has 0 aromatic carbocycles. The molecule has 1 rings (SSSR count). The Morgan fingerprint density at radius 2 is 1.86 bits per heavy atom. The van der Waals surface area contributed by atoms with Crippen LogP contribution in [0.15, 0.2) is 0 Å². The molecule has 0 aromatic rings. The number of hydrogen-bond donors (Lipinski definition) is 0. The van der Waals surface area contributed by atoms with Gasteiger partial charge in [0.1, 0.15) is 5.78 Å². The third kappa shape index (κ3) is 2.69. The molecule has 14 heavy (non-hydrogen) atoms. The summed E-state index contributed by atoms with van der Waals surface area (Å²) in [6.07, 6.45) is 0.759. The maximum Gasteiger partial charge on any atom is 0.146 e. The predicted molar refractivity (Wildman–Crippen MR) is 54.5 cm³/mol. The normalized spacial score (nSPS) is 33.8. The summed E-state index contributed by atoms with van der Waals surface area (Å²) < 4.78 is 1.03. The first kappa shape index (κ1) is 14.4. The van der Waals surface area contributed by atoms with Crippen molar-refractivity contribution in [3.63, 3.8) is 0 Å². The average molecular weight is 311 g/mol. The van der Waals surface area contributed by atoms with Crippen LogP contribution in [0.5, 0.6) is 0 Å². The molecule has 0 radical (unpaired) electrons. The Morgan fingerprint density at radius 3 is 2.21 bits per heavy atom. The van der Waals surface area contributed by atoms with Gasteiger partial charge in [-0.1, -0.05) is 6.92 Å². The van der Waals surface area contributed by atoms with E-state index < -0.39 is 0 Å². The van der Waals surface area contributed by atoms with Gasteiger partial charge in [-0.15, -0.1) is 0 Å². The Kier molecular flexibility index (Phi) is 4.59. The molecule has 0 aliphatic carbocycles. The number of nitrogens with zero attached hydrogens (tertiary/aromatic N) is 1. The van der Waals surface area contributed by atoms with Crippen molar-refractivity contribution in [2.24, 2.45) is 5.92 Å². The van der Waals surface area contributed by atoms with Crippen LogP contribution in [-0.2, 0) is 4.79 Å². The van der Waals surface area contributed by atoms with Gasteiger partial charge in [0.05, 0.1) is 38.0 Å². The fourth-order valence-electron chi connectivity index (χ4n) is 2.01. The molecule has 0 aromatic heterocycles. The molecule has 84 valence electrons. The highest BCUT2D eigenvalue weighted by Crippen LogP contribution is 2.28.